The minimum absolute atomic E-state index is 0.130. The number of rotatable bonds is 5. The van der Waals surface area contributed by atoms with Gasteiger partial charge in [-0.25, -0.2) is 4.39 Å². The Morgan fingerprint density at radius 3 is 2.50 bits per heavy atom. The molecule has 14 heavy (non-hydrogen) atoms. The number of hydrogen-bond acceptors (Lipinski definition) is 2. The molecule has 2 nitrogen and oxygen atoms in total. The molecule has 3 heteroatoms. The molecule has 1 atom stereocenters. The van der Waals surface area contributed by atoms with Crippen LogP contribution in [0.1, 0.15) is 19.8 Å². The first kappa shape index (κ1) is 11.0. The number of halogens is 1. The van der Waals surface area contributed by atoms with Crippen LogP contribution in [-0.2, 0) is 0 Å². The zero-order valence-electron chi connectivity index (χ0n) is 8.37. The van der Waals surface area contributed by atoms with E-state index in [1.54, 1.807) is 12.1 Å². The average molecular weight is 197 g/mol. The summed E-state index contributed by atoms with van der Waals surface area (Å²) in [5.41, 5.74) is 5.44. The van der Waals surface area contributed by atoms with Gasteiger partial charge in [0, 0.05) is 0 Å². The lowest BCUT2D eigenvalue weighted by Crippen LogP contribution is -2.19. The molecular formula is C11H16FNO. The maximum absolute atomic E-state index is 12.6. The first-order chi connectivity index (χ1) is 6.76. The highest BCUT2D eigenvalue weighted by atomic mass is 19.1. The molecule has 0 fully saturated rings. The molecule has 0 aliphatic carbocycles. The van der Waals surface area contributed by atoms with E-state index in [-0.39, 0.29) is 11.9 Å². The Morgan fingerprint density at radius 2 is 2.00 bits per heavy atom. The minimum atomic E-state index is -0.246. The van der Waals surface area contributed by atoms with Crippen molar-refractivity contribution in [2.45, 2.75) is 25.9 Å². The standard InChI is InChI=1S/C11H16FNO/c1-2-10(7-8-13)14-11-5-3-9(12)4-6-11/h3-6,10H,2,7-8,13H2,1H3. The first-order valence-electron chi connectivity index (χ1n) is 4.88. The Hall–Kier alpha value is -1.09. The van der Waals surface area contributed by atoms with E-state index in [1.807, 2.05) is 6.92 Å². The summed E-state index contributed by atoms with van der Waals surface area (Å²) in [5.74, 6) is 0.455. The third kappa shape index (κ3) is 3.34. The predicted octanol–water partition coefficient (Wildman–Crippen LogP) is 2.33. The van der Waals surface area contributed by atoms with Crippen LogP contribution in [0.25, 0.3) is 0 Å². The number of hydrogen-bond donors (Lipinski definition) is 1. The number of benzene rings is 1. The Morgan fingerprint density at radius 1 is 1.36 bits per heavy atom. The third-order valence-corrected chi connectivity index (χ3v) is 2.06. The lowest BCUT2D eigenvalue weighted by atomic mass is 10.2. The molecule has 0 radical (unpaired) electrons. The maximum Gasteiger partial charge on any atom is 0.123 e. The average Bonchev–Trinajstić information content (AvgIpc) is 2.20. The van der Waals surface area contributed by atoms with Crippen LogP contribution in [0.4, 0.5) is 4.39 Å². The third-order valence-electron chi connectivity index (χ3n) is 2.06. The van der Waals surface area contributed by atoms with Crippen LogP contribution in [0.5, 0.6) is 5.75 Å². The Kier molecular flexibility index (Phi) is 4.40. The minimum Gasteiger partial charge on any atom is -0.490 e. The van der Waals surface area contributed by atoms with Gasteiger partial charge in [0.2, 0.25) is 0 Å². The lowest BCUT2D eigenvalue weighted by molar-refractivity contribution is 0.189. The van der Waals surface area contributed by atoms with E-state index >= 15 is 0 Å². The van der Waals surface area contributed by atoms with E-state index in [1.165, 1.54) is 12.1 Å². The van der Waals surface area contributed by atoms with Gasteiger partial charge < -0.3 is 10.5 Å². The molecule has 0 spiro atoms. The monoisotopic (exact) mass is 197 g/mol. The van der Waals surface area contributed by atoms with E-state index in [4.69, 9.17) is 10.5 Å². The molecule has 1 rings (SSSR count). The molecule has 0 saturated carbocycles. The van der Waals surface area contributed by atoms with Crippen molar-refractivity contribution in [1.29, 1.82) is 0 Å². The fourth-order valence-electron chi connectivity index (χ4n) is 1.24. The van der Waals surface area contributed by atoms with Crippen molar-refractivity contribution in [2.75, 3.05) is 6.54 Å². The molecule has 0 heterocycles. The normalized spacial score (nSPS) is 12.5. The van der Waals surface area contributed by atoms with Crippen LogP contribution in [0, 0.1) is 5.82 Å². The van der Waals surface area contributed by atoms with E-state index in [9.17, 15) is 4.39 Å². The van der Waals surface area contributed by atoms with Crippen molar-refractivity contribution in [3.63, 3.8) is 0 Å². The quantitative estimate of drug-likeness (QED) is 0.786. The van der Waals surface area contributed by atoms with Crippen LogP contribution < -0.4 is 10.5 Å². The van der Waals surface area contributed by atoms with Crippen LogP contribution in [-0.4, -0.2) is 12.6 Å². The summed E-state index contributed by atoms with van der Waals surface area (Å²) < 4.78 is 18.2. The molecule has 0 saturated heterocycles. The zero-order valence-corrected chi connectivity index (χ0v) is 8.37. The predicted molar refractivity (Wildman–Crippen MR) is 54.8 cm³/mol. The molecule has 0 aliphatic rings. The van der Waals surface area contributed by atoms with Crippen LogP contribution in [0.3, 0.4) is 0 Å². The van der Waals surface area contributed by atoms with Gasteiger partial charge in [-0.2, -0.15) is 0 Å². The molecule has 1 aromatic rings. The first-order valence-corrected chi connectivity index (χ1v) is 4.88. The highest BCUT2D eigenvalue weighted by Gasteiger charge is 2.06. The van der Waals surface area contributed by atoms with Gasteiger partial charge in [0.25, 0.3) is 0 Å². The second-order valence-corrected chi connectivity index (χ2v) is 3.18. The van der Waals surface area contributed by atoms with E-state index in [2.05, 4.69) is 0 Å². The lowest BCUT2D eigenvalue weighted by Gasteiger charge is -2.16. The molecular weight excluding hydrogens is 181 g/mol. The van der Waals surface area contributed by atoms with Crippen LogP contribution in [0.2, 0.25) is 0 Å². The van der Waals surface area contributed by atoms with Gasteiger partial charge in [-0.15, -0.1) is 0 Å². The largest absolute Gasteiger partial charge is 0.490 e. The summed E-state index contributed by atoms with van der Waals surface area (Å²) in [6.07, 6.45) is 1.87. The Labute approximate surface area is 83.9 Å². The van der Waals surface area contributed by atoms with Crippen LogP contribution in [0.15, 0.2) is 24.3 Å². The van der Waals surface area contributed by atoms with Crippen molar-refractivity contribution in [3.05, 3.63) is 30.1 Å². The van der Waals surface area contributed by atoms with Crippen molar-refractivity contribution >= 4 is 0 Å². The van der Waals surface area contributed by atoms with Crippen LogP contribution >= 0.6 is 0 Å². The second kappa shape index (κ2) is 5.60. The molecule has 0 aliphatic heterocycles. The van der Waals surface area contributed by atoms with Crippen molar-refractivity contribution in [2.24, 2.45) is 5.73 Å². The van der Waals surface area contributed by atoms with E-state index in [0.29, 0.717) is 12.3 Å². The van der Waals surface area contributed by atoms with Crippen molar-refractivity contribution in [1.82, 2.24) is 0 Å². The highest BCUT2D eigenvalue weighted by Crippen LogP contribution is 2.15. The van der Waals surface area contributed by atoms with Gasteiger partial charge in [-0.3, -0.25) is 0 Å². The van der Waals surface area contributed by atoms with Gasteiger partial charge in [-0.1, -0.05) is 6.92 Å². The molecule has 0 amide bonds. The van der Waals surface area contributed by atoms with Gasteiger partial charge in [-0.05, 0) is 43.7 Å². The molecule has 1 aromatic carbocycles. The molecule has 1 unspecified atom stereocenters. The van der Waals surface area contributed by atoms with Gasteiger partial charge in [0.1, 0.15) is 11.6 Å². The zero-order chi connectivity index (χ0) is 10.4. The Balaban J connectivity index is 2.53. The summed E-state index contributed by atoms with van der Waals surface area (Å²) in [7, 11) is 0. The van der Waals surface area contributed by atoms with E-state index in [0.717, 1.165) is 12.8 Å². The molecule has 2 N–H and O–H groups in total. The second-order valence-electron chi connectivity index (χ2n) is 3.18. The summed E-state index contributed by atoms with van der Waals surface area (Å²) in [6, 6.07) is 6.05. The van der Waals surface area contributed by atoms with E-state index < -0.39 is 0 Å². The topological polar surface area (TPSA) is 35.2 Å². The maximum atomic E-state index is 12.6. The fourth-order valence-corrected chi connectivity index (χ4v) is 1.24. The fraction of sp³-hybridized carbons (Fsp3) is 0.455. The van der Waals surface area contributed by atoms with Gasteiger partial charge in [0.05, 0.1) is 6.10 Å². The number of nitrogens with two attached hydrogens (primary N) is 1. The van der Waals surface area contributed by atoms with Crippen molar-refractivity contribution in [3.8, 4) is 5.75 Å². The molecule has 78 valence electrons. The van der Waals surface area contributed by atoms with Gasteiger partial charge >= 0.3 is 0 Å². The molecule has 0 aromatic heterocycles. The summed E-state index contributed by atoms with van der Waals surface area (Å²) in [6.45, 7) is 2.66. The SMILES string of the molecule is CCC(CCN)Oc1ccc(F)cc1. The Bertz CT molecular complexity index is 260. The smallest absolute Gasteiger partial charge is 0.123 e. The highest BCUT2D eigenvalue weighted by molar-refractivity contribution is 5.22. The summed E-state index contributed by atoms with van der Waals surface area (Å²) >= 11 is 0. The van der Waals surface area contributed by atoms with Crippen molar-refractivity contribution < 1.29 is 9.13 Å². The van der Waals surface area contributed by atoms with Gasteiger partial charge in [0.15, 0.2) is 0 Å². The molecule has 0 bridgehead atoms. The summed E-state index contributed by atoms with van der Waals surface area (Å²) in [5, 5.41) is 0. The summed E-state index contributed by atoms with van der Waals surface area (Å²) in [4.78, 5) is 0. The number of ether oxygens (including phenoxy) is 1.